The van der Waals surface area contributed by atoms with Gasteiger partial charge in [-0.25, -0.2) is 0 Å². The molecule has 0 unspecified atom stereocenters. The Hall–Kier alpha value is -3.17. The third kappa shape index (κ3) is 7.77. The first-order chi connectivity index (χ1) is 19.7. The maximum absolute atomic E-state index is 12.9. The second-order valence-electron chi connectivity index (χ2n) is 10.8. The van der Waals surface area contributed by atoms with Gasteiger partial charge in [0.15, 0.2) is 11.5 Å². The number of esters is 1. The predicted octanol–water partition coefficient (Wildman–Crippen LogP) is 5.31. The van der Waals surface area contributed by atoms with Crippen molar-refractivity contribution in [2.24, 2.45) is 0 Å². The normalized spacial score (nSPS) is 13.3. The van der Waals surface area contributed by atoms with E-state index in [9.17, 15) is 4.79 Å². The molecule has 0 fully saturated rings. The van der Waals surface area contributed by atoms with E-state index < -0.39 is 20.3 Å². The molecule has 0 saturated heterocycles. The van der Waals surface area contributed by atoms with Crippen LogP contribution in [-0.2, 0) is 23.4 Å². The first kappa shape index (κ1) is 32.3. The summed E-state index contributed by atoms with van der Waals surface area (Å²) in [4.78, 5) is 12.9. The summed E-state index contributed by atoms with van der Waals surface area (Å²) in [5.74, 6) is 0.451. The van der Waals surface area contributed by atoms with E-state index in [4.69, 9.17) is 28.1 Å². The third-order valence-electron chi connectivity index (χ3n) is 7.26. The Kier molecular flexibility index (Phi) is 12.0. The smallest absolute Gasteiger partial charge is 0.306 e. The number of carbonyl (C=O) groups excluding carboxylic acids is 1. The Labute approximate surface area is 245 Å². The van der Waals surface area contributed by atoms with Gasteiger partial charge in [-0.1, -0.05) is 87.5 Å². The SMILES string of the molecule is CCOC(=O)C[C@@H](c1ccc(OC)c(OC)c1)[C@@H](CO[Si](c1ccccc1)(c1ccccc1)C(C)(C)C)OCOC. The number of ether oxygens (including phenoxy) is 5. The summed E-state index contributed by atoms with van der Waals surface area (Å²) in [6, 6.07) is 26.5. The molecule has 0 heterocycles. The van der Waals surface area contributed by atoms with Crippen molar-refractivity contribution in [2.45, 2.75) is 51.2 Å². The highest BCUT2D eigenvalue weighted by atomic mass is 28.4. The molecule has 8 heteroatoms. The number of methoxy groups -OCH3 is 3. The van der Waals surface area contributed by atoms with Crippen LogP contribution >= 0.6 is 0 Å². The fraction of sp³-hybridized carbons (Fsp3) is 0.424. The van der Waals surface area contributed by atoms with Gasteiger partial charge in [0.2, 0.25) is 0 Å². The summed E-state index contributed by atoms with van der Waals surface area (Å²) in [7, 11) is 1.90. The topological polar surface area (TPSA) is 72.5 Å². The monoisotopic (exact) mass is 580 g/mol. The first-order valence-corrected chi connectivity index (χ1v) is 15.9. The average molecular weight is 581 g/mol. The Morgan fingerprint density at radius 2 is 1.41 bits per heavy atom. The fourth-order valence-corrected chi connectivity index (χ4v) is 9.92. The van der Waals surface area contributed by atoms with Gasteiger partial charge in [-0.15, -0.1) is 0 Å². The molecule has 0 N–H and O–H groups in total. The van der Waals surface area contributed by atoms with Gasteiger partial charge in [0.05, 0.1) is 40.0 Å². The highest BCUT2D eigenvalue weighted by Crippen LogP contribution is 2.39. The zero-order valence-electron chi connectivity index (χ0n) is 25.3. The van der Waals surface area contributed by atoms with Crippen LogP contribution in [0, 0.1) is 0 Å². The van der Waals surface area contributed by atoms with Crippen LogP contribution in [0.15, 0.2) is 78.9 Å². The summed E-state index contributed by atoms with van der Waals surface area (Å²) in [6.45, 7) is 9.06. The second kappa shape index (κ2) is 15.2. The van der Waals surface area contributed by atoms with Crippen LogP contribution in [0.3, 0.4) is 0 Å². The van der Waals surface area contributed by atoms with Crippen molar-refractivity contribution >= 4 is 24.7 Å². The van der Waals surface area contributed by atoms with E-state index in [0.717, 1.165) is 15.9 Å². The van der Waals surface area contributed by atoms with Crippen LogP contribution in [0.2, 0.25) is 5.04 Å². The molecular formula is C33H44O7Si. The molecule has 0 aliphatic heterocycles. The number of carbonyl (C=O) groups is 1. The number of rotatable bonds is 15. The first-order valence-electron chi connectivity index (χ1n) is 13.9. The van der Waals surface area contributed by atoms with Crippen molar-refractivity contribution in [3.8, 4) is 11.5 Å². The molecule has 0 aromatic heterocycles. The number of benzene rings is 3. The van der Waals surface area contributed by atoms with Gasteiger partial charge in [-0.2, -0.15) is 0 Å². The molecular weight excluding hydrogens is 536 g/mol. The molecule has 0 amide bonds. The molecule has 0 radical (unpaired) electrons. The van der Waals surface area contributed by atoms with Crippen molar-refractivity contribution < 1.29 is 32.9 Å². The second-order valence-corrected chi connectivity index (χ2v) is 15.1. The zero-order chi connectivity index (χ0) is 29.9. The Bertz CT molecular complexity index is 1170. The van der Waals surface area contributed by atoms with Gasteiger partial charge in [0.1, 0.15) is 6.79 Å². The van der Waals surface area contributed by atoms with E-state index in [1.807, 2.05) is 30.3 Å². The van der Waals surface area contributed by atoms with Gasteiger partial charge in [0, 0.05) is 13.0 Å². The van der Waals surface area contributed by atoms with Crippen molar-refractivity contribution in [2.75, 3.05) is 41.3 Å². The third-order valence-corrected chi connectivity index (χ3v) is 12.3. The van der Waals surface area contributed by atoms with Crippen molar-refractivity contribution in [1.29, 1.82) is 0 Å². The maximum atomic E-state index is 12.9. The summed E-state index contributed by atoms with van der Waals surface area (Å²) in [5, 5.41) is 2.11. The van der Waals surface area contributed by atoms with Gasteiger partial charge < -0.3 is 28.1 Å². The Morgan fingerprint density at radius 1 is 0.829 bits per heavy atom. The standard InChI is InChI=1S/C33H44O7Si/c1-8-38-32(34)22-28(25-19-20-29(36-6)30(21-25)37-7)31(39-24-35-5)23-40-41(33(2,3)4,26-15-11-9-12-16-26)27-17-13-10-14-18-27/h9-21,28,31H,8,22-24H2,1-7H3/t28-,31+/m0/s1. The molecule has 3 aromatic carbocycles. The van der Waals surface area contributed by atoms with Crippen LogP contribution in [0.5, 0.6) is 11.5 Å². The molecule has 2 atom stereocenters. The van der Waals surface area contributed by atoms with Crippen molar-refractivity contribution in [3.05, 3.63) is 84.4 Å². The van der Waals surface area contributed by atoms with E-state index in [1.54, 1.807) is 28.3 Å². The lowest BCUT2D eigenvalue weighted by atomic mass is 9.90. The molecule has 0 aliphatic carbocycles. The highest BCUT2D eigenvalue weighted by Gasteiger charge is 2.50. The molecule has 0 spiro atoms. The summed E-state index contributed by atoms with van der Waals surface area (Å²) in [6.07, 6.45) is -0.430. The Morgan fingerprint density at radius 3 is 1.90 bits per heavy atom. The fourth-order valence-electron chi connectivity index (χ4n) is 5.35. The minimum Gasteiger partial charge on any atom is -0.493 e. The summed E-state index contributed by atoms with van der Waals surface area (Å²) in [5.41, 5.74) is 0.850. The average Bonchev–Trinajstić information content (AvgIpc) is 2.98. The van der Waals surface area contributed by atoms with Crippen LogP contribution in [0.4, 0.5) is 0 Å². The van der Waals surface area contributed by atoms with E-state index in [0.29, 0.717) is 18.1 Å². The van der Waals surface area contributed by atoms with E-state index in [2.05, 4.69) is 69.3 Å². The van der Waals surface area contributed by atoms with Crippen molar-refractivity contribution in [1.82, 2.24) is 0 Å². The van der Waals surface area contributed by atoms with E-state index in [-0.39, 0.29) is 30.8 Å². The molecule has 0 saturated carbocycles. The quantitative estimate of drug-likeness (QED) is 0.137. The van der Waals surface area contributed by atoms with Gasteiger partial charge >= 0.3 is 5.97 Å². The molecule has 0 bridgehead atoms. The summed E-state index contributed by atoms with van der Waals surface area (Å²) >= 11 is 0. The lowest BCUT2D eigenvalue weighted by Crippen LogP contribution is -2.67. The van der Waals surface area contributed by atoms with Gasteiger partial charge in [0.25, 0.3) is 8.32 Å². The molecule has 41 heavy (non-hydrogen) atoms. The number of hydrogen-bond acceptors (Lipinski definition) is 7. The predicted molar refractivity (Wildman–Crippen MR) is 164 cm³/mol. The van der Waals surface area contributed by atoms with Crippen molar-refractivity contribution in [3.63, 3.8) is 0 Å². The van der Waals surface area contributed by atoms with Crippen LogP contribution in [-0.4, -0.2) is 61.7 Å². The molecule has 222 valence electrons. The molecule has 3 rings (SSSR count). The van der Waals surface area contributed by atoms with E-state index in [1.165, 1.54) is 0 Å². The van der Waals surface area contributed by atoms with Crippen LogP contribution < -0.4 is 19.8 Å². The lowest BCUT2D eigenvalue weighted by molar-refractivity contribution is -0.146. The van der Waals surface area contributed by atoms with E-state index >= 15 is 0 Å². The minimum atomic E-state index is -2.87. The number of hydrogen-bond donors (Lipinski definition) is 0. The summed E-state index contributed by atoms with van der Waals surface area (Å²) < 4.78 is 35.3. The molecule has 0 aliphatic rings. The minimum absolute atomic E-state index is 0.0430. The van der Waals surface area contributed by atoms with Gasteiger partial charge in [-0.05, 0) is 40.0 Å². The molecule has 7 nitrogen and oxygen atoms in total. The lowest BCUT2D eigenvalue weighted by Gasteiger charge is -2.44. The van der Waals surface area contributed by atoms with Gasteiger partial charge in [-0.3, -0.25) is 4.79 Å². The maximum Gasteiger partial charge on any atom is 0.306 e. The van der Waals surface area contributed by atoms with Crippen LogP contribution in [0.1, 0.15) is 45.6 Å². The largest absolute Gasteiger partial charge is 0.493 e. The van der Waals surface area contributed by atoms with Crippen LogP contribution in [0.25, 0.3) is 0 Å². The highest BCUT2D eigenvalue weighted by molar-refractivity contribution is 6.99. The molecule has 3 aromatic rings. The zero-order valence-corrected chi connectivity index (χ0v) is 26.3. The Balaban J connectivity index is 2.12.